The molecule has 0 radical (unpaired) electrons. The molecule has 2 aromatic carbocycles. The molecule has 6 heteroatoms. The number of aliphatic carboxylic acids is 1. The normalized spacial score (nSPS) is 16.3. The van der Waals surface area contributed by atoms with Gasteiger partial charge in [0.05, 0.1) is 18.9 Å². The van der Waals surface area contributed by atoms with E-state index in [1.54, 1.807) is 7.11 Å². The molecule has 1 aliphatic heterocycles. The third-order valence-electron chi connectivity index (χ3n) is 4.32. The van der Waals surface area contributed by atoms with E-state index in [4.69, 9.17) is 4.74 Å². The molecule has 0 saturated carbocycles. The highest BCUT2D eigenvalue weighted by atomic mass is 16.5. The number of benzene rings is 2. The van der Waals surface area contributed by atoms with Gasteiger partial charge in [-0.2, -0.15) is 5.10 Å². The van der Waals surface area contributed by atoms with E-state index in [0.29, 0.717) is 6.42 Å². The van der Waals surface area contributed by atoms with Gasteiger partial charge in [-0.3, -0.25) is 4.79 Å². The van der Waals surface area contributed by atoms with Crippen molar-refractivity contribution in [3.63, 3.8) is 0 Å². The molecule has 1 amide bonds. The second kappa shape index (κ2) is 7.82. The van der Waals surface area contributed by atoms with Gasteiger partial charge >= 0.3 is 0 Å². The van der Waals surface area contributed by atoms with E-state index in [-0.39, 0.29) is 24.8 Å². The lowest BCUT2D eigenvalue weighted by Crippen LogP contribution is -2.29. The minimum atomic E-state index is -1.24. The van der Waals surface area contributed by atoms with Gasteiger partial charge in [0, 0.05) is 18.8 Å². The molecule has 0 N–H and O–H groups in total. The van der Waals surface area contributed by atoms with Crippen LogP contribution in [0.5, 0.6) is 5.75 Å². The first-order valence-corrected chi connectivity index (χ1v) is 8.37. The molecule has 1 heterocycles. The van der Waals surface area contributed by atoms with Gasteiger partial charge in [0.15, 0.2) is 0 Å². The van der Waals surface area contributed by atoms with E-state index in [2.05, 4.69) is 5.10 Å². The quantitative estimate of drug-likeness (QED) is 0.796. The van der Waals surface area contributed by atoms with Crippen molar-refractivity contribution in [1.82, 2.24) is 5.01 Å². The highest BCUT2D eigenvalue weighted by Gasteiger charge is 2.32. The van der Waals surface area contributed by atoms with E-state index in [1.165, 1.54) is 5.01 Å². The molecule has 0 unspecified atom stereocenters. The Morgan fingerprint density at radius 3 is 2.42 bits per heavy atom. The van der Waals surface area contributed by atoms with Crippen molar-refractivity contribution in [3.8, 4) is 5.75 Å². The molecule has 0 bridgehead atoms. The first-order valence-electron chi connectivity index (χ1n) is 8.37. The molecule has 0 aliphatic carbocycles. The average molecular weight is 351 g/mol. The van der Waals surface area contributed by atoms with Gasteiger partial charge in [-0.1, -0.05) is 30.3 Å². The summed E-state index contributed by atoms with van der Waals surface area (Å²) in [4.78, 5) is 23.2. The van der Waals surface area contributed by atoms with Crippen LogP contribution in [0.2, 0.25) is 0 Å². The van der Waals surface area contributed by atoms with Crippen molar-refractivity contribution in [2.75, 3.05) is 7.11 Å². The van der Waals surface area contributed by atoms with Crippen molar-refractivity contribution in [1.29, 1.82) is 0 Å². The number of hydrogen-bond acceptors (Lipinski definition) is 5. The first-order chi connectivity index (χ1) is 12.6. The molecule has 1 atom stereocenters. The lowest BCUT2D eigenvalue weighted by Gasteiger charge is -2.22. The molecular formula is C20H19N2O4-. The summed E-state index contributed by atoms with van der Waals surface area (Å²) in [5.41, 5.74) is 2.65. The Morgan fingerprint density at radius 1 is 1.12 bits per heavy atom. The number of nitrogens with zero attached hydrogens (tertiary/aromatic N) is 2. The molecular weight excluding hydrogens is 332 g/mol. The lowest BCUT2D eigenvalue weighted by molar-refractivity contribution is -0.305. The zero-order valence-corrected chi connectivity index (χ0v) is 14.4. The summed E-state index contributed by atoms with van der Waals surface area (Å²) in [5.74, 6) is -0.825. The minimum absolute atomic E-state index is 0.134. The molecule has 0 spiro atoms. The third-order valence-corrected chi connectivity index (χ3v) is 4.32. The highest BCUT2D eigenvalue weighted by Crippen LogP contribution is 2.33. The summed E-state index contributed by atoms with van der Waals surface area (Å²) >= 11 is 0. The molecule has 3 rings (SSSR count). The summed E-state index contributed by atoms with van der Waals surface area (Å²) in [6.45, 7) is 0. The highest BCUT2D eigenvalue weighted by molar-refractivity contribution is 6.03. The number of carbonyl (C=O) groups excluding carboxylic acids is 2. The van der Waals surface area contributed by atoms with Crippen LogP contribution < -0.4 is 9.84 Å². The first kappa shape index (κ1) is 17.7. The monoisotopic (exact) mass is 351 g/mol. The Hall–Kier alpha value is -3.15. The number of carbonyl (C=O) groups is 2. The van der Waals surface area contributed by atoms with Crippen LogP contribution in [0.3, 0.4) is 0 Å². The van der Waals surface area contributed by atoms with Gasteiger partial charge < -0.3 is 14.6 Å². The van der Waals surface area contributed by atoms with Gasteiger partial charge in [0.25, 0.3) is 0 Å². The number of rotatable bonds is 6. The van der Waals surface area contributed by atoms with Crippen LogP contribution in [0.4, 0.5) is 0 Å². The van der Waals surface area contributed by atoms with Crippen LogP contribution in [0.1, 0.15) is 36.4 Å². The second-order valence-electron chi connectivity index (χ2n) is 6.02. The van der Waals surface area contributed by atoms with Crippen LogP contribution in [0, 0.1) is 0 Å². The maximum Gasteiger partial charge on any atom is 0.243 e. The van der Waals surface area contributed by atoms with Crippen LogP contribution in [-0.4, -0.2) is 29.7 Å². The summed E-state index contributed by atoms with van der Waals surface area (Å²) in [7, 11) is 1.60. The summed E-state index contributed by atoms with van der Waals surface area (Å²) in [5, 5.41) is 16.6. The number of hydrogen-bond donors (Lipinski definition) is 0. The number of amides is 1. The number of hydrazone groups is 1. The maximum absolute atomic E-state index is 12.5. The van der Waals surface area contributed by atoms with Crippen molar-refractivity contribution in [3.05, 3.63) is 65.7 Å². The zero-order valence-electron chi connectivity index (χ0n) is 14.4. The van der Waals surface area contributed by atoms with Crippen LogP contribution >= 0.6 is 0 Å². The van der Waals surface area contributed by atoms with E-state index in [9.17, 15) is 14.7 Å². The smallest absolute Gasteiger partial charge is 0.243 e. The predicted octanol–water partition coefficient (Wildman–Crippen LogP) is 1.90. The number of methoxy groups -OCH3 is 1. The number of carboxylic acids is 1. The Bertz CT molecular complexity index is 815. The van der Waals surface area contributed by atoms with Crippen LogP contribution in [-0.2, 0) is 9.59 Å². The van der Waals surface area contributed by atoms with Crippen molar-refractivity contribution in [2.45, 2.75) is 25.3 Å². The SMILES string of the molecule is COc1ccc(C2=NN(C(=O)CCC(=O)[O-])[C@H](c3ccccc3)C2)cc1. The molecule has 0 aromatic heterocycles. The predicted molar refractivity (Wildman–Crippen MR) is 94.4 cm³/mol. The molecule has 134 valence electrons. The Morgan fingerprint density at radius 2 is 1.81 bits per heavy atom. The van der Waals surface area contributed by atoms with Crippen LogP contribution in [0.25, 0.3) is 0 Å². The standard InChI is InChI=1S/C20H20N2O4/c1-26-16-9-7-14(8-10-16)17-13-18(15-5-3-2-4-6-15)22(21-17)19(23)11-12-20(24)25/h2-10,18H,11-13H2,1H3,(H,24,25)/p-1/t18-/m0/s1. The minimum Gasteiger partial charge on any atom is -0.550 e. The summed E-state index contributed by atoms with van der Waals surface area (Å²) in [6, 6.07) is 16.8. The molecule has 0 fully saturated rings. The largest absolute Gasteiger partial charge is 0.550 e. The maximum atomic E-state index is 12.5. The molecule has 2 aromatic rings. The molecule has 26 heavy (non-hydrogen) atoms. The van der Waals surface area contributed by atoms with Gasteiger partial charge in [-0.25, -0.2) is 5.01 Å². The Kier molecular flexibility index (Phi) is 5.31. The fraction of sp³-hybridized carbons (Fsp3) is 0.250. The van der Waals surface area contributed by atoms with E-state index in [1.807, 2.05) is 54.6 Å². The van der Waals surface area contributed by atoms with Gasteiger partial charge in [-0.15, -0.1) is 0 Å². The van der Waals surface area contributed by atoms with Crippen molar-refractivity contribution >= 4 is 17.6 Å². The summed E-state index contributed by atoms with van der Waals surface area (Å²) < 4.78 is 5.17. The van der Waals surface area contributed by atoms with Crippen molar-refractivity contribution in [2.24, 2.45) is 5.10 Å². The van der Waals surface area contributed by atoms with Gasteiger partial charge in [-0.05, 0) is 41.8 Å². The van der Waals surface area contributed by atoms with E-state index < -0.39 is 5.97 Å². The van der Waals surface area contributed by atoms with Gasteiger partial charge in [0.2, 0.25) is 5.91 Å². The van der Waals surface area contributed by atoms with E-state index >= 15 is 0 Å². The third kappa shape index (κ3) is 3.91. The second-order valence-corrected chi connectivity index (χ2v) is 6.02. The Balaban J connectivity index is 1.87. The van der Waals surface area contributed by atoms with E-state index in [0.717, 1.165) is 22.6 Å². The lowest BCUT2D eigenvalue weighted by atomic mass is 9.98. The summed E-state index contributed by atoms with van der Waals surface area (Å²) in [6.07, 6.45) is 0.114. The molecule has 1 aliphatic rings. The van der Waals surface area contributed by atoms with Crippen molar-refractivity contribution < 1.29 is 19.4 Å². The number of ether oxygens (including phenoxy) is 1. The Labute approximate surface area is 151 Å². The number of carboxylic acid groups (broad SMARTS) is 1. The zero-order chi connectivity index (χ0) is 18.5. The van der Waals surface area contributed by atoms with Gasteiger partial charge in [0.1, 0.15) is 5.75 Å². The topological polar surface area (TPSA) is 82.0 Å². The fourth-order valence-electron chi connectivity index (χ4n) is 2.96. The van der Waals surface area contributed by atoms with Crippen LogP contribution in [0.15, 0.2) is 59.7 Å². The molecule has 0 saturated heterocycles. The fourth-order valence-corrected chi connectivity index (χ4v) is 2.96. The molecule has 6 nitrogen and oxygen atoms in total. The average Bonchev–Trinajstić information content (AvgIpc) is 3.12.